The molecule has 2 heterocycles. The maximum Gasteiger partial charge on any atom is 0.258 e. The lowest BCUT2D eigenvalue weighted by atomic mass is 10.1. The molecule has 3 amide bonds. The summed E-state index contributed by atoms with van der Waals surface area (Å²) < 4.78 is 1.70. The second-order valence-corrected chi connectivity index (χ2v) is 11.5. The fourth-order valence-electron chi connectivity index (χ4n) is 5.81. The lowest BCUT2D eigenvalue weighted by Gasteiger charge is -2.26. The Hall–Kier alpha value is -6.12. The number of para-hydroxylation sites is 4. The van der Waals surface area contributed by atoms with Crippen molar-refractivity contribution in [2.45, 2.75) is 32.5 Å². The molecule has 2 unspecified atom stereocenters. The summed E-state index contributed by atoms with van der Waals surface area (Å²) in [5.74, 6) is -1.33. The van der Waals surface area contributed by atoms with E-state index in [1.165, 1.54) is 11.8 Å². The van der Waals surface area contributed by atoms with Gasteiger partial charge in [-0.3, -0.25) is 19.2 Å². The van der Waals surface area contributed by atoms with E-state index in [0.29, 0.717) is 39.4 Å². The Balaban J connectivity index is 1.47. The number of benzene rings is 4. The molecule has 0 bridgehead atoms. The Bertz CT molecular complexity index is 2100. The zero-order chi connectivity index (χ0) is 33.9. The number of ketones is 1. The van der Waals surface area contributed by atoms with Crippen LogP contribution in [-0.2, 0) is 16.1 Å². The number of anilines is 2. The Labute approximate surface area is 277 Å². The van der Waals surface area contributed by atoms with Crippen LogP contribution in [0.3, 0.4) is 0 Å². The van der Waals surface area contributed by atoms with Gasteiger partial charge in [0.1, 0.15) is 12.1 Å². The van der Waals surface area contributed by atoms with Gasteiger partial charge < -0.3 is 20.4 Å². The van der Waals surface area contributed by atoms with Gasteiger partial charge in [0.25, 0.3) is 11.8 Å². The van der Waals surface area contributed by atoms with Gasteiger partial charge in [0, 0.05) is 16.5 Å². The van der Waals surface area contributed by atoms with Crippen molar-refractivity contribution in [2.75, 3.05) is 23.4 Å². The fraction of sp³-hybridized carbons (Fsp3) is 0.189. The third-order valence-corrected chi connectivity index (χ3v) is 8.54. The Morgan fingerprint density at radius 2 is 1.52 bits per heavy atom. The zero-order valence-electron chi connectivity index (χ0n) is 26.7. The van der Waals surface area contributed by atoms with E-state index in [1.54, 1.807) is 84.2 Å². The average Bonchev–Trinajstić information content (AvgIpc) is 3.44. The van der Waals surface area contributed by atoms with E-state index in [0.717, 1.165) is 10.9 Å². The van der Waals surface area contributed by atoms with Gasteiger partial charge in [-0.2, -0.15) is 10.4 Å². The molecular weight excluding hydrogens is 606 g/mol. The number of rotatable bonds is 8. The van der Waals surface area contributed by atoms with Crippen LogP contribution in [0.1, 0.15) is 45.8 Å². The van der Waals surface area contributed by atoms with Crippen LogP contribution in [0.5, 0.6) is 0 Å². The van der Waals surface area contributed by atoms with Crippen LogP contribution >= 0.6 is 0 Å². The minimum Gasteiger partial charge on any atom is -0.341 e. The first kappa shape index (κ1) is 31.8. The maximum atomic E-state index is 14.5. The number of amides is 3. The number of nitriles is 1. The number of aromatic nitrogens is 2. The van der Waals surface area contributed by atoms with Gasteiger partial charge in [-0.25, -0.2) is 4.68 Å². The number of nitrogens with zero attached hydrogens (tertiary/aromatic N) is 5. The molecule has 0 radical (unpaired) electrons. The molecule has 5 aromatic rings. The predicted octanol–water partition coefficient (Wildman–Crippen LogP) is 4.39. The molecule has 6 rings (SSSR count). The number of likely N-dealkylation sites (N-methyl/N-ethyl adjacent to an activating group) is 1. The number of carbonyl (C=O) groups is 4. The van der Waals surface area contributed by atoms with E-state index >= 15 is 0 Å². The van der Waals surface area contributed by atoms with Crippen molar-refractivity contribution in [3.05, 3.63) is 119 Å². The summed E-state index contributed by atoms with van der Waals surface area (Å²) in [6.07, 6.45) is 0. The molecule has 0 aliphatic carbocycles. The molecular formula is C37H33N7O4. The first-order valence-corrected chi connectivity index (χ1v) is 15.5. The van der Waals surface area contributed by atoms with E-state index in [2.05, 4.69) is 16.7 Å². The quantitative estimate of drug-likeness (QED) is 0.240. The third-order valence-electron chi connectivity index (χ3n) is 8.54. The molecule has 11 nitrogen and oxygen atoms in total. The Morgan fingerprint density at radius 3 is 2.21 bits per heavy atom. The Kier molecular flexibility index (Phi) is 8.83. The SMILES string of the molecule is CNC(C)C(=O)NC1CN(C(=O)c2ccc(C(C)=O)cc2)c2ccccc2N(Cc2nn(-c3ccccc3C#N)c3ccccc23)C1=O. The van der Waals surface area contributed by atoms with Crippen LogP contribution in [0.2, 0.25) is 0 Å². The first-order chi connectivity index (χ1) is 23.2. The fourth-order valence-corrected chi connectivity index (χ4v) is 5.81. The van der Waals surface area contributed by atoms with Gasteiger partial charge in [-0.05, 0) is 63.4 Å². The van der Waals surface area contributed by atoms with Crippen LogP contribution in [0, 0.1) is 11.3 Å². The average molecular weight is 640 g/mol. The van der Waals surface area contributed by atoms with Crippen molar-refractivity contribution < 1.29 is 19.2 Å². The predicted molar refractivity (Wildman–Crippen MR) is 182 cm³/mol. The van der Waals surface area contributed by atoms with Gasteiger partial charge in [0.05, 0.1) is 53.0 Å². The highest BCUT2D eigenvalue weighted by Crippen LogP contribution is 2.36. The molecule has 0 fully saturated rings. The lowest BCUT2D eigenvalue weighted by Crippen LogP contribution is -2.55. The van der Waals surface area contributed by atoms with E-state index < -0.39 is 29.8 Å². The highest BCUT2D eigenvalue weighted by Gasteiger charge is 2.38. The normalized spacial score (nSPS) is 15.0. The van der Waals surface area contributed by atoms with Crippen LogP contribution in [0.15, 0.2) is 97.1 Å². The molecule has 1 aromatic heterocycles. The van der Waals surface area contributed by atoms with Crippen molar-refractivity contribution >= 4 is 45.8 Å². The molecule has 1 aliphatic rings. The van der Waals surface area contributed by atoms with Crippen molar-refractivity contribution in [1.82, 2.24) is 20.4 Å². The van der Waals surface area contributed by atoms with Gasteiger partial charge in [-0.15, -0.1) is 0 Å². The highest BCUT2D eigenvalue weighted by molar-refractivity contribution is 6.13. The highest BCUT2D eigenvalue weighted by atomic mass is 16.2. The number of hydrogen-bond acceptors (Lipinski definition) is 7. The van der Waals surface area contributed by atoms with Crippen LogP contribution < -0.4 is 20.4 Å². The molecule has 1 aliphatic heterocycles. The molecule has 240 valence electrons. The summed E-state index contributed by atoms with van der Waals surface area (Å²) in [5.41, 5.74) is 4.10. The van der Waals surface area contributed by atoms with Crippen molar-refractivity contribution in [2.24, 2.45) is 0 Å². The van der Waals surface area contributed by atoms with E-state index in [9.17, 15) is 24.4 Å². The number of carbonyl (C=O) groups excluding carboxylic acids is 4. The number of Topliss-reactive ketones (excluding diaryl/α,β-unsaturated/α-hetero) is 1. The van der Waals surface area contributed by atoms with Crippen LogP contribution in [-0.4, -0.2) is 59.0 Å². The largest absolute Gasteiger partial charge is 0.341 e. The zero-order valence-corrected chi connectivity index (χ0v) is 26.7. The summed E-state index contributed by atoms with van der Waals surface area (Å²) in [4.78, 5) is 56.7. The van der Waals surface area contributed by atoms with Gasteiger partial charge >= 0.3 is 0 Å². The summed E-state index contributed by atoms with van der Waals surface area (Å²) in [7, 11) is 1.65. The smallest absolute Gasteiger partial charge is 0.258 e. The third kappa shape index (κ3) is 5.92. The maximum absolute atomic E-state index is 14.5. The molecule has 4 aromatic carbocycles. The molecule has 48 heavy (non-hydrogen) atoms. The van der Waals surface area contributed by atoms with Gasteiger partial charge in [-0.1, -0.05) is 54.6 Å². The summed E-state index contributed by atoms with van der Waals surface area (Å²) in [5, 5.41) is 21.3. The van der Waals surface area contributed by atoms with Gasteiger partial charge in [0.15, 0.2) is 5.78 Å². The first-order valence-electron chi connectivity index (χ1n) is 15.5. The molecule has 2 N–H and O–H groups in total. The minimum atomic E-state index is -1.10. The summed E-state index contributed by atoms with van der Waals surface area (Å²) in [6, 6.07) is 28.7. The van der Waals surface area contributed by atoms with Crippen molar-refractivity contribution in [3.63, 3.8) is 0 Å². The molecule has 11 heteroatoms. The number of fused-ring (bicyclic) bond motifs is 2. The van der Waals surface area contributed by atoms with E-state index in [-0.39, 0.29) is 18.9 Å². The number of nitrogens with one attached hydrogen (secondary N) is 2. The van der Waals surface area contributed by atoms with Crippen molar-refractivity contribution in [3.8, 4) is 11.8 Å². The topological polar surface area (TPSA) is 140 Å². The van der Waals surface area contributed by atoms with E-state index in [4.69, 9.17) is 5.10 Å². The minimum absolute atomic E-state index is 0.0152. The summed E-state index contributed by atoms with van der Waals surface area (Å²) >= 11 is 0. The number of hydrogen-bond donors (Lipinski definition) is 2. The second kappa shape index (κ2) is 13.3. The molecule has 0 saturated carbocycles. The lowest BCUT2D eigenvalue weighted by molar-refractivity contribution is -0.128. The van der Waals surface area contributed by atoms with Crippen molar-refractivity contribution in [1.29, 1.82) is 5.26 Å². The van der Waals surface area contributed by atoms with E-state index in [1.807, 2.05) is 36.4 Å². The van der Waals surface area contributed by atoms with Gasteiger partial charge in [0.2, 0.25) is 5.91 Å². The molecule has 2 atom stereocenters. The standard InChI is InChI=1S/C37H33N7O4/c1-23(39-3)35(46)40-30-22-42(36(47)26-18-16-25(17-19-26)24(2)45)33-14-8-9-15-34(33)43(37(30)48)21-29-28-11-5-7-13-32(28)44(41-29)31-12-6-4-10-27(31)20-38/h4-19,23,30,39H,21-22H2,1-3H3,(H,40,46). The molecule has 0 spiro atoms. The van der Waals surface area contributed by atoms with Crippen LogP contribution in [0.4, 0.5) is 11.4 Å². The monoisotopic (exact) mass is 639 g/mol. The Morgan fingerprint density at radius 1 is 0.896 bits per heavy atom. The molecule has 0 saturated heterocycles. The summed E-state index contributed by atoms with van der Waals surface area (Å²) in [6.45, 7) is 3.02. The second-order valence-electron chi connectivity index (χ2n) is 11.5. The van der Waals surface area contributed by atoms with Crippen LogP contribution in [0.25, 0.3) is 16.6 Å².